The predicted octanol–water partition coefficient (Wildman–Crippen LogP) is 4.88. The Bertz CT molecular complexity index is 1290. The minimum atomic E-state index is -0.643. The fourth-order valence-electron chi connectivity index (χ4n) is 3.89. The highest BCUT2D eigenvalue weighted by Crippen LogP contribution is 2.28. The lowest BCUT2D eigenvalue weighted by atomic mass is 10.1. The Morgan fingerprint density at radius 1 is 0.946 bits per heavy atom. The van der Waals surface area contributed by atoms with Crippen LogP contribution < -0.4 is 15.0 Å². The van der Waals surface area contributed by atoms with Crippen LogP contribution in [0.2, 0.25) is 0 Å². The van der Waals surface area contributed by atoms with Crippen LogP contribution in [0.1, 0.15) is 34.1 Å². The van der Waals surface area contributed by atoms with Crippen LogP contribution in [0.3, 0.4) is 0 Å². The number of rotatable bonds is 9. The number of ketones is 1. The maximum atomic E-state index is 12.8. The van der Waals surface area contributed by atoms with Crippen molar-refractivity contribution in [1.82, 2.24) is 0 Å². The third kappa shape index (κ3) is 6.62. The zero-order valence-corrected chi connectivity index (χ0v) is 21.7. The van der Waals surface area contributed by atoms with Gasteiger partial charge in [-0.15, -0.1) is 0 Å². The van der Waals surface area contributed by atoms with Crippen molar-refractivity contribution in [1.29, 1.82) is 0 Å². The average Bonchev–Trinajstić information content (AvgIpc) is 3.30. The summed E-state index contributed by atoms with van der Waals surface area (Å²) in [6, 6.07) is 20.1. The van der Waals surface area contributed by atoms with Gasteiger partial charge in [0, 0.05) is 34.4 Å². The van der Waals surface area contributed by atoms with Gasteiger partial charge < -0.3 is 19.7 Å². The van der Waals surface area contributed by atoms with Crippen LogP contribution in [0.25, 0.3) is 0 Å². The largest absolute Gasteiger partial charge is 0.494 e. The molecule has 1 fully saturated rings. The maximum Gasteiger partial charge on any atom is 0.338 e. The SMILES string of the molecule is CCOc1ccc(N2C[C@@H](C(=O)Nc3ccc(C(=O)OCC(=O)c4ccc(Br)cc4)cc3)CC2=O)cc1. The van der Waals surface area contributed by atoms with Gasteiger partial charge in [0.2, 0.25) is 11.8 Å². The molecule has 1 saturated heterocycles. The molecule has 1 aliphatic heterocycles. The van der Waals surface area contributed by atoms with E-state index < -0.39 is 11.9 Å². The average molecular weight is 565 g/mol. The van der Waals surface area contributed by atoms with Gasteiger partial charge in [-0.1, -0.05) is 28.1 Å². The first-order valence-electron chi connectivity index (χ1n) is 11.7. The Balaban J connectivity index is 1.29. The number of carbonyl (C=O) groups is 4. The first-order valence-corrected chi connectivity index (χ1v) is 12.5. The molecule has 190 valence electrons. The minimum absolute atomic E-state index is 0.107. The summed E-state index contributed by atoms with van der Waals surface area (Å²) in [6.45, 7) is 2.35. The lowest BCUT2D eigenvalue weighted by molar-refractivity contribution is -0.122. The van der Waals surface area contributed by atoms with Crippen molar-refractivity contribution in [2.45, 2.75) is 13.3 Å². The Morgan fingerprint density at radius 3 is 2.24 bits per heavy atom. The second-order valence-corrected chi connectivity index (χ2v) is 9.32. The normalized spacial score (nSPS) is 14.8. The number of esters is 1. The zero-order valence-electron chi connectivity index (χ0n) is 20.1. The molecule has 4 rings (SSSR count). The molecule has 1 aliphatic rings. The van der Waals surface area contributed by atoms with Crippen molar-refractivity contribution in [3.63, 3.8) is 0 Å². The molecule has 8 nitrogen and oxygen atoms in total. The van der Waals surface area contributed by atoms with E-state index in [1.54, 1.807) is 65.6 Å². The van der Waals surface area contributed by atoms with Gasteiger partial charge in [0.25, 0.3) is 0 Å². The summed E-state index contributed by atoms with van der Waals surface area (Å²) < 4.78 is 11.4. The summed E-state index contributed by atoms with van der Waals surface area (Å²) >= 11 is 3.30. The Labute approximate surface area is 222 Å². The van der Waals surface area contributed by atoms with Gasteiger partial charge in [0.05, 0.1) is 18.1 Å². The fourth-order valence-corrected chi connectivity index (χ4v) is 4.15. The summed E-state index contributed by atoms with van der Waals surface area (Å²) in [7, 11) is 0. The number of anilines is 2. The van der Waals surface area contributed by atoms with Gasteiger partial charge in [0.1, 0.15) is 5.75 Å². The summed E-state index contributed by atoms with van der Waals surface area (Å²) in [5.74, 6) is -1.15. The summed E-state index contributed by atoms with van der Waals surface area (Å²) in [5.41, 5.74) is 1.89. The van der Waals surface area contributed by atoms with Gasteiger partial charge in [0.15, 0.2) is 12.4 Å². The molecule has 0 bridgehead atoms. The van der Waals surface area contributed by atoms with Crippen LogP contribution in [0.15, 0.2) is 77.3 Å². The Kier molecular flexibility index (Phi) is 8.35. The van der Waals surface area contributed by atoms with E-state index in [-0.39, 0.29) is 42.7 Å². The Hall–Kier alpha value is -3.98. The van der Waals surface area contributed by atoms with Gasteiger partial charge in [-0.25, -0.2) is 4.79 Å². The van der Waals surface area contributed by atoms with Crippen molar-refractivity contribution in [3.05, 3.63) is 88.4 Å². The number of nitrogens with zero attached hydrogens (tertiary/aromatic N) is 1. The maximum absolute atomic E-state index is 12.8. The molecule has 37 heavy (non-hydrogen) atoms. The molecule has 1 atom stereocenters. The molecular formula is C28H25BrN2O6. The fraction of sp³-hybridized carbons (Fsp3) is 0.214. The van der Waals surface area contributed by atoms with E-state index in [9.17, 15) is 19.2 Å². The standard InChI is InChI=1S/C28H25BrN2O6/c1-2-36-24-13-11-23(12-14-24)31-16-20(15-26(31)33)27(34)30-22-9-5-19(6-10-22)28(35)37-17-25(32)18-3-7-21(29)8-4-18/h3-14,20H,2,15-17H2,1H3,(H,30,34)/t20-/m0/s1. The molecule has 3 aromatic carbocycles. The number of ether oxygens (including phenoxy) is 2. The molecule has 3 aromatic rings. The van der Waals surface area contributed by atoms with Gasteiger partial charge in [-0.05, 0) is 67.6 Å². The van der Waals surface area contributed by atoms with Crippen LogP contribution in [0.5, 0.6) is 5.75 Å². The van der Waals surface area contributed by atoms with Gasteiger partial charge in [-0.3, -0.25) is 14.4 Å². The van der Waals surface area contributed by atoms with E-state index in [1.165, 1.54) is 12.1 Å². The molecule has 1 heterocycles. The third-order valence-corrected chi connectivity index (χ3v) is 6.37. The first-order chi connectivity index (χ1) is 17.8. The molecule has 1 N–H and O–H groups in total. The third-order valence-electron chi connectivity index (χ3n) is 5.84. The van der Waals surface area contributed by atoms with Crippen molar-refractivity contribution < 1.29 is 28.7 Å². The lowest BCUT2D eigenvalue weighted by Gasteiger charge is -2.17. The van der Waals surface area contributed by atoms with Crippen LogP contribution in [-0.2, 0) is 14.3 Å². The molecule has 0 saturated carbocycles. The molecule has 9 heteroatoms. The monoisotopic (exact) mass is 564 g/mol. The highest BCUT2D eigenvalue weighted by atomic mass is 79.9. The number of hydrogen-bond donors (Lipinski definition) is 1. The van der Waals surface area contributed by atoms with E-state index in [0.29, 0.717) is 23.5 Å². The van der Waals surface area contributed by atoms with Crippen molar-refractivity contribution >= 4 is 50.9 Å². The smallest absolute Gasteiger partial charge is 0.338 e. The summed E-state index contributed by atoms with van der Waals surface area (Å²) in [4.78, 5) is 51.4. The van der Waals surface area contributed by atoms with Crippen LogP contribution >= 0.6 is 15.9 Å². The minimum Gasteiger partial charge on any atom is -0.494 e. The van der Waals surface area contributed by atoms with Crippen LogP contribution in [-0.4, -0.2) is 43.3 Å². The van der Waals surface area contributed by atoms with E-state index in [0.717, 1.165) is 10.2 Å². The summed E-state index contributed by atoms with van der Waals surface area (Å²) in [5, 5.41) is 2.80. The van der Waals surface area contributed by atoms with E-state index in [1.807, 2.05) is 6.92 Å². The number of halogens is 1. The molecule has 0 spiro atoms. The van der Waals surface area contributed by atoms with Crippen molar-refractivity contribution in [2.24, 2.45) is 5.92 Å². The number of benzene rings is 3. The zero-order chi connectivity index (χ0) is 26.4. The number of carbonyl (C=O) groups excluding carboxylic acids is 4. The number of amides is 2. The quantitative estimate of drug-likeness (QED) is 0.293. The lowest BCUT2D eigenvalue weighted by Crippen LogP contribution is -2.28. The first kappa shape index (κ1) is 26.1. The molecule has 0 unspecified atom stereocenters. The molecule has 2 amide bonds. The summed E-state index contributed by atoms with van der Waals surface area (Å²) in [6.07, 6.45) is 0.107. The van der Waals surface area contributed by atoms with E-state index in [4.69, 9.17) is 9.47 Å². The van der Waals surface area contributed by atoms with Crippen LogP contribution in [0.4, 0.5) is 11.4 Å². The van der Waals surface area contributed by atoms with Crippen molar-refractivity contribution in [3.8, 4) is 5.75 Å². The number of hydrogen-bond acceptors (Lipinski definition) is 6. The van der Waals surface area contributed by atoms with Gasteiger partial charge >= 0.3 is 5.97 Å². The molecule has 0 aromatic heterocycles. The topological polar surface area (TPSA) is 102 Å². The predicted molar refractivity (Wildman–Crippen MR) is 142 cm³/mol. The van der Waals surface area contributed by atoms with Gasteiger partial charge in [-0.2, -0.15) is 0 Å². The second-order valence-electron chi connectivity index (χ2n) is 8.41. The van der Waals surface area contributed by atoms with Crippen molar-refractivity contribution in [2.75, 3.05) is 30.0 Å². The second kappa shape index (κ2) is 11.8. The molecule has 0 aliphatic carbocycles. The Morgan fingerprint density at radius 2 is 1.59 bits per heavy atom. The molecule has 0 radical (unpaired) electrons. The number of Topliss-reactive ketones (excluding diaryl/α,β-unsaturated/α-hetero) is 1. The van der Waals surface area contributed by atoms with E-state index >= 15 is 0 Å². The van der Waals surface area contributed by atoms with Crippen LogP contribution in [0, 0.1) is 5.92 Å². The molecular weight excluding hydrogens is 540 g/mol. The van der Waals surface area contributed by atoms with E-state index in [2.05, 4.69) is 21.2 Å². The highest BCUT2D eigenvalue weighted by Gasteiger charge is 2.35. The number of nitrogens with one attached hydrogen (secondary N) is 1. The highest BCUT2D eigenvalue weighted by molar-refractivity contribution is 9.10.